The first-order valence-electron chi connectivity index (χ1n) is 6.15. The van der Waals surface area contributed by atoms with Crippen molar-refractivity contribution in [2.24, 2.45) is 0 Å². The minimum absolute atomic E-state index is 0.306. The third-order valence-corrected chi connectivity index (χ3v) is 3.83. The summed E-state index contributed by atoms with van der Waals surface area (Å²) in [6, 6.07) is 2.25. The van der Waals surface area contributed by atoms with Crippen molar-refractivity contribution in [1.29, 1.82) is 0 Å². The molecule has 1 atom stereocenters. The first-order chi connectivity index (χ1) is 8.31. The minimum atomic E-state index is 0.306. The van der Waals surface area contributed by atoms with Gasteiger partial charge in [-0.2, -0.15) is 0 Å². The van der Waals surface area contributed by atoms with Gasteiger partial charge in [-0.3, -0.25) is 0 Å². The number of benzene rings is 1. The Morgan fingerprint density at radius 3 is 3.06 bits per heavy atom. The predicted octanol–water partition coefficient (Wildman–Crippen LogP) is 3.06. The molecular weight excluding hydrogens is 238 g/mol. The molecule has 0 amide bonds. The largest absolute Gasteiger partial charge is 0.454 e. The van der Waals surface area contributed by atoms with Crippen LogP contribution in [-0.2, 0) is 6.42 Å². The maximum absolute atomic E-state index is 6.40. The number of halogens is 1. The summed E-state index contributed by atoms with van der Waals surface area (Å²) in [6.45, 7) is 3.50. The molecule has 2 heterocycles. The quantitative estimate of drug-likeness (QED) is 0.879. The van der Waals surface area contributed by atoms with Gasteiger partial charge in [0.15, 0.2) is 11.5 Å². The van der Waals surface area contributed by atoms with Crippen LogP contribution >= 0.6 is 11.6 Å². The lowest BCUT2D eigenvalue weighted by Crippen LogP contribution is -2.15. The molecule has 2 aliphatic rings. The van der Waals surface area contributed by atoms with E-state index in [4.69, 9.17) is 21.1 Å². The lowest BCUT2D eigenvalue weighted by molar-refractivity contribution is 0.173. The molecule has 1 N–H and O–H groups in total. The van der Waals surface area contributed by atoms with Crippen molar-refractivity contribution in [2.45, 2.75) is 32.2 Å². The standard InChI is InChI=1S/C13H16ClNO2/c1-2-8-12(10-4-3-5-15-10)9(14)6-11-13(8)17-7-16-11/h6,10,15H,2-5,7H2,1H3. The SMILES string of the molecule is CCc1c2c(cc(Cl)c1C1CCCN1)OCO2. The molecule has 1 aromatic rings. The van der Waals surface area contributed by atoms with Crippen LogP contribution in [0, 0.1) is 0 Å². The third-order valence-electron chi connectivity index (χ3n) is 3.52. The van der Waals surface area contributed by atoms with Gasteiger partial charge < -0.3 is 14.8 Å². The molecule has 17 heavy (non-hydrogen) atoms. The van der Waals surface area contributed by atoms with Crippen molar-refractivity contribution >= 4 is 11.6 Å². The number of hydrogen-bond donors (Lipinski definition) is 1. The predicted molar refractivity (Wildman–Crippen MR) is 66.9 cm³/mol. The van der Waals surface area contributed by atoms with Crippen LogP contribution in [0.3, 0.4) is 0 Å². The zero-order valence-corrected chi connectivity index (χ0v) is 10.6. The van der Waals surface area contributed by atoms with E-state index in [0.717, 1.165) is 35.9 Å². The van der Waals surface area contributed by atoms with Gasteiger partial charge in [0, 0.05) is 22.7 Å². The molecule has 1 unspecified atom stereocenters. The highest BCUT2D eigenvalue weighted by Gasteiger charge is 2.28. The normalized spacial score (nSPS) is 22.1. The van der Waals surface area contributed by atoms with E-state index < -0.39 is 0 Å². The highest BCUT2D eigenvalue weighted by Crippen LogP contribution is 2.45. The summed E-state index contributed by atoms with van der Waals surface area (Å²) in [5.74, 6) is 1.68. The van der Waals surface area contributed by atoms with Gasteiger partial charge in [0.25, 0.3) is 0 Å². The van der Waals surface area contributed by atoms with Gasteiger partial charge >= 0.3 is 0 Å². The number of ether oxygens (including phenoxy) is 2. The fourth-order valence-corrected chi connectivity index (χ4v) is 3.09. The van der Waals surface area contributed by atoms with E-state index in [2.05, 4.69) is 12.2 Å². The Bertz CT molecular complexity index is 442. The maximum Gasteiger partial charge on any atom is 0.231 e. The minimum Gasteiger partial charge on any atom is -0.454 e. The summed E-state index contributed by atoms with van der Waals surface area (Å²) in [5, 5.41) is 4.30. The van der Waals surface area contributed by atoms with Crippen LogP contribution in [0.4, 0.5) is 0 Å². The molecule has 1 saturated heterocycles. The van der Waals surface area contributed by atoms with E-state index in [1.54, 1.807) is 0 Å². The molecular formula is C13H16ClNO2. The molecule has 3 nitrogen and oxygen atoms in total. The molecule has 0 spiro atoms. The summed E-state index contributed by atoms with van der Waals surface area (Å²) in [5.41, 5.74) is 2.40. The number of rotatable bonds is 2. The Morgan fingerprint density at radius 2 is 2.35 bits per heavy atom. The molecule has 4 heteroatoms. The Balaban J connectivity index is 2.12. The van der Waals surface area contributed by atoms with Crippen molar-refractivity contribution in [3.63, 3.8) is 0 Å². The summed E-state index contributed by atoms with van der Waals surface area (Å²) in [7, 11) is 0. The number of fused-ring (bicyclic) bond motifs is 1. The maximum atomic E-state index is 6.40. The van der Waals surface area contributed by atoms with Crippen molar-refractivity contribution in [3.05, 3.63) is 22.2 Å². The Kier molecular flexibility index (Phi) is 2.89. The lowest BCUT2D eigenvalue weighted by atomic mass is 9.96. The van der Waals surface area contributed by atoms with Crippen molar-refractivity contribution < 1.29 is 9.47 Å². The highest BCUT2D eigenvalue weighted by atomic mass is 35.5. The molecule has 0 aromatic heterocycles. The van der Waals surface area contributed by atoms with E-state index in [9.17, 15) is 0 Å². The van der Waals surface area contributed by atoms with Gasteiger partial charge in [0.05, 0.1) is 0 Å². The van der Waals surface area contributed by atoms with Gasteiger partial charge in [0.1, 0.15) is 0 Å². The molecule has 3 rings (SSSR count). The van der Waals surface area contributed by atoms with E-state index >= 15 is 0 Å². The summed E-state index contributed by atoms with van der Waals surface area (Å²) in [6.07, 6.45) is 3.27. The van der Waals surface area contributed by atoms with Crippen LogP contribution in [0.1, 0.15) is 36.9 Å². The lowest BCUT2D eigenvalue weighted by Gasteiger charge is -2.18. The molecule has 1 fully saturated rings. The topological polar surface area (TPSA) is 30.5 Å². The monoisotopic (exact) mass is 253 g/mol. The summed E-state index contributed by atoms with van der Waals surface area (Å²) < 4.78 is 11.0. The average molecular weight is 254 g/mol. The van der Waals surface area contributed by atoms with Crippen molar-refractivity contribution in [3.8, 4) is 11.5 Å². The summed E-state index contributed by atoms with van der Waals surface area (Å²) in [4.78, 5) is 0. The first-order valence-corrected chi connectivity index (χ1v) is 6.53. The second-order valence-electron chi connectivity index (χ2n) is 4.49. The average Bonchev–Trinajstić information content (AvgIpc) is 2.96. The molecule has 92 valence electrons. The second kappa shape index (κ2) is 4.39. The smallest absolute Gasteiger partial charge is 0.231 e. The molecule has 0 bridgehead atoms. The second-order valence-corrected chi connectivity index (χ2v) is 4.89. The van der Waals surface area contributed by atoms with Crippen LogP contribution in [0.15, 0.2) is 6.07 Å². The van der Waals surface area contributed by atoms with Crippen LogP contribution < -0.4 is 14.8 Å². The molecule has 0 aliphatic carbocycles. The van der Waals surface area contributed by atoms with Crippen molar-refractivity contribution in [2.75, 3.05) is 13.3 Å². The van der Waals surface area contributed by atoms with E-state index in [0.29, 0.717) is 12.8 Å². The molecule has 2 aliphatic heterocycles. The van der Waals surface area contributed by atoms with Gasteiger partial charge in [-0.25, -0.2) is 0 Å². The van der Waals surface area contributed by atoms with Crippen LogP contribution in [0.25, 0.3) is 0 Å². The van der Waals surface area contributed by atoms with Crippen LogP contribution in [0.2, 0.25) is 5.02 Å². The first kappa shape index (κ1) is 11.2. The van der Waals surface area contributed by atoms with Gasteiger partial charge in [0.2, 0.25) is 6.79 Å². The number of hydrogen-bond acceptors (Lipinski definition) is 3. The fourth-order valence-electron chi connectivity index (χ4n) is 2.75. The highest BCUT2D eigenvalue weighted by molar-refractivity contribution is 6.31. The van der Waals surface area contributed by atoms with Crippen LogP contribution in [-0.4, -0.2) is 13.3 Å². The van der Waals surface area contributed by atoms with Gasteiger partial charge in [-0.15, -0.1) is 0 Å². The van der Waals surface area contributed by atoms with E-state index in [-0.39, 0.29) is 0 Å². The zero-order chi connectivity index (χ0) is 11.8. The van der Waals surface area contributed by atoms with E-state index in [1.165, 1.54) is 17.5 Å². The van der Waals surface area contributed by atoms with E-state index in [1.807, 2.05) is 6.07 Å². The van der Waals surface area contributed by atoms with Gasteiger partial charge in [-0.1, -0.05) is 18.5 Å². The Morgan fingerprint density at radius 1 is 1.47 bits per heavy atom. The summed E-state index contributed by atoms with van der Waals surface area (Å²) >= 11 is 6.40. The number of nitrogens with one attached hydrogen (secondary N) is 1. The van der Waals surface area contributed by atoms with Crippen LogP contribution in [0.5, 0.6) is 11.5 Å². The Hall–Kier alpha value is -0.930. The molecule has 1 aromatic carbocycles. The Labute approximate surface area is 106 Å². The molecule has 0 radical (unpaired) electrons. The zero-order valence-electron chi connectivity index (χ0n) is 9.88. The third kappa shape index (κ3) is 1.78. The molecule has 0 saturated carbocycles. The van der Waals surface area contributed by atoms with Crippen molar-refractivity contribution in [1.82, 2.24) is 5.32 Å². The fraction of sp³-hybridized carbons (Fsp3) is 0.538. The van der Waals surface area contributed by atoms with Gasteiger partial charge in [-0.05, 0) is 31.4 Å².